The van der Waals surface area contributed by atoms with Crippen LogP contribution in [0.2, 0.25) is 0 Å². The van der Waals surface area contributed by atoms with Crippen LogP contribution in [0.1, 0.15) is 25.7 Å². The lowest BCUT2D eigenvalue weighted by atomic mass is 10.2. The first-order valence-electron chi connectivity index (χ1n) is 7.35. The number of para-hydroxylation sites is 1. The lowest BCUT2D eigenvalue weighted by Gasteiger charge is -2.28. The molecule has 0 radical (unpaired) electrons. The molecule has 0 aromatic heterocycles. The molecule has 1 saturated carbocycles. The van der Waals surface area contributed by atoms with Crippen molar-refractivity contribution in [3.8, 4) is 0 Å². The van der Waals surface area contributed by atoms with E-state index in [0.29, 0.717) is 17.0 Å². The first-order chi connectivity index (χ1) is 9.55. The highest BCUT2D eigenvalue weighted by Gasteiger charge is 2.30. The zero-order chi connectivity index (χ0) is 14.2. The Bertz CT molecular complexity index is 581. The summed E-state index contributed by atoms with van der Waals surface area (Å²) in [5, 5.41) is 3.57. The van der Waals surface area contributed by atoms with Gasteiger partial charge >= 0.3 is 0 Å². The molecule has 1 atom stereocenters. The molecule has 1 heterocycles. The molecular formula is C15H22N2O2S. The molecule has 2 fully saturated rings. The average Bonchev–Trinajstić information content (AvgIpc) is 3.12. The lowest BCUT2D eigenvalue weighted by Crippen LogP contribution is -2.39. The molecule has 1 unspecified atom stereocenters. The van der Waals surface area contributed by atoms with Gasteiger partial charge in [-0.05, 0) is 37.8 Å². The maximum Gasteiger partial charge on any atom is 0.177 e. The van der Waals surface area contributed by atoms with Crippen molar-refractivity contribution in [1.29, 1.82) is 0 Å². The van der Waals surface area contributed by atoms with Gasteiger partial charge in [0.25, 0.3) is 0 Å². The molecule has 1 saturated heterocycles. The van der Waals surface area contributed by atoms with E-state index in [1.165, 1.54) is 19.1 Å². The van der Waals surface area contributed by atoms with E-state index in [4.69, 9.17) is 0 Å². The third-order valence-electron chi connectivity index (χ3n) is 4.17. The number of anilines is 1. The molecule has 20 heavy (non-hydrogen) atoms. The summed E-state index contributed by atoms with van der Waals surface area (Å²) in [6.45, 7) is 1.91. The highest BCUT2D eigenvalue weighted by atomic mass is 32.2. The monoisotopic (exact) mass is 294 g/mol. The number of benzene rings is 1. The van der Waals surface area contributed by atoms with Gasteiger partial charge in [0.15, 0.2) is 9.84 Å². The minimum Gasteiger partial charge on any atom is -0.366 e. The Balaban J connectivity index is 1.83. The zero-order valence-electron chi connectivity index (χ0n) is 11.9. The second-order valence-corrected chi connectivity index (χ2v) is 7.90. The third kappa shape index (κ3) is 2.99. The van der Waals surface area contributed by atoms with Crippen LogP contribution in [0.25, 0.3) is 0 Å². The van der Waals surface area contributed by atoms with Gasteiger partial charge in [-0.2, -0.15) is 0 Å². The van der Waals surface area contributed by atoms with E-state index in [1.54, 1.807) is 12.1 Å². The summed E-state index contributed by atoms with van der Waals surface area (Å²) in [5.74, 6) is 0. The Morgan fingerprint density at radius 1 is 1.25 bits per heavy atom. The second kappa shape index (κ2) is 5.37. The Morgan fingerprint density at radius 2 is 2.00 bits per heavy atom. The molecule has 4 nitrogen and oxygen atoms in total. The van der Waals surface area contributed by atoms with E-state index in [9.17, 15) is 8.42 Å². The van der Waals surface area contributed by atoms with E-state index in [0.717, 1.165) is 31.6 Å². The quantitative estimate of drug-likeness (QED) is 0.900. The van der Waals surface area contributed by atoms with E-state index < -0.39 is 9.84 Å². The first kappa shape index (κ1) is 13.9. The largest absolute Gasteiger partial charge is 0.366 e. The van der Waals surface area contributed by atoms with Crippen LogP contribution in [0, 0.1) is 0 Å². The van der Waals surface area contributed by atoms with Gasteiger partial charge in [0, 0.05) is 31.4 Å². The van der Waals surface area contributed by atoms with Crippen LogP contribution < -0.4 is 10.2 Å². The smallest absolute Gasteiger partial charge is 0.177 e. The molecule has 1 aromatic carbocycles. The molecule has 2 aliphatic rings. The van der Waals surface area contributed by atoms with Crippen molar-refractivity contribution in [3.05, 3.63) is 24.3 Å². The Labute approximate surface area is 121 Å². The standard InChI is InChI=1S/C15H22N2O2S/c1-20(18,19)15-7-3-2-6-14(15)17-10-4-5-13(17)11-16-12-8-9-12/h2-3,6-7,12-13,16H,4-5,8-11H2,1H3. The zero-order valence-corrected chi connectivity index (χ0v) is 12.7. The van der Waals surface area contributed by atoms with Crippen LogP contribution in [-0.4, -0.2) is 39.8 Å². The molecule has 5 heteroatoms. The summed E-state index contributed by atoms with van der Waals surface area (Å²) in [5.41, 5.74) is 0.870. The number of nitrogens with zero attached hydrogens (tertiary/aromatic N) is 1. The van der Waals surface area contributed by atoms with Crippen LogP contribution in [0.15, 0.2) is 29.2 Å². The predicted molar refractivity (Wildman–Crippen MR) is 80.9 cm³/mol. The Hall–Kier alpha value is -1.07. The van der Waals surface area contributed by atoms with Gasteiger partial charge in [0.05, 0.1) is 10.6 Å². The molecule has 110 valence electrons. The average molecular weight is 294 g/mol. The fraction of sp³-hybridized carbons (Fsp3) is 0.600. The van der Waals surface area contributed by atoms with Crippen molar-refractivity contribution in [3.63, 3.8) is 0 Å². The molecule has 1 N–H and O–H groups in total. The van der Waals surface area contributed by atoms with Gasteiger partial charge in [-0.3, -0.25) is 0 Å². The van der Waals surface area contributed by atoms with Gasteiger partial charge in [-0.25, -0.2) is 8.42 Å². The lowest BCUT2D eigenvalue weighted by molar-refractivity contribution is 0.568. The highest BCUT2D eigenvalue weighted by Crippen LogP contribution is 2.31. The summed E-state index contributed by atoms with van der Waals surface area (Å²) in [6, 6.07) is 8.49. The van der Waals surface area contributed by atoms with Crippen molar-refractivity contribution in [2.75, 3.05) is 24.2 Å². The number of rotatable bonds is 5. The molecule has 1 aliphatic carbocycles. The van der Waals surface area contributed by atoms with Gasteiger partial charge in [0.1, 0.15) is 0 Å². The molecule has 1 aliphatic heterocycles. The fourth-order valence-corrected chi connectivity index (χ4v) is 3.85. The van der Waals surface area contributed by atoms with Crippen LogP contribution in [0.3, 0.4) is 0 Å². The van der Waals surface area contributed by atoms with E-state index >= 15 is 0 Å². The normalized spacial score (nSPS) is 23.2. The van der Waals surface area contributed by atoms with E-state index in [2.05, 4.69) is 10.2 Å². The van der Waals surface area contributed by atoms with Crippen LogP contribution in [0.5, 0.6) is 0 Å². The van der Waals surface area contributed by atoms with Crippen LogP contribution in [0.4, 0.5) is 5.69 Å². The second-order valence-electron chi connectivity index (χ2n) is 5.91. The van der Waals surface area contributed by atoms with Gasteiger partial charge in [-0.15, -0.1) is 0 Å². The van der Waals surface area contributed by atoms with Crippen LogP contribution >= 0.6 is 0 Å². The Kier molecular flexibility index (Phi) is 3.73. The van der Waals surface area contributed by atoms with Gasteiger partial charge < -0.3 is 10.2 Å². The molecular weight excluding hydrogens is 272 g/mol. The fourth-order valence-electron chi connectivity index (χ4n) is 2.96. The van der Waals surface area contributed by atoms with Gasteiger partial charge in [-0.1, -0.05) is 12.1 Å². The molecule has 0 bridgehead atoms. The highest BCUT2D eigenvalue weighted by molar-refractivity contribution is 7.90. The van der Waals surface area contributed by atoms with Crippen molar-refractivity contribution in [2.24, 2.45) is 0 Å². The maximum atomic E-state index is 12.0. The maximum absolute atomic E-state index is 12.0. The van der Waals surface area contributed by atoms with E-state index in [-0.39, 0.29) is 0 Å². The van der Waals surface area contributed by atoms with Gasteiger partial charge in [0.2, 0.25) is 0 Å². The first-order valence-corrected chi connectivity index (χ1v) is 9.24. The minimum absolute atomic E-state index is 0.415. The summed E-state index contributed by atoms with van der Waals surface area (Å²) in [7, 11) is -3.18. The Morgan fingerprint density at radius 3 is 2.70 bits per heavy atom. The van der Waals surface area contributed by atoms with Crippen molar-refractivity contribution in [2.45, 2.75) is 42.7 Å². The third-order valence-corrected chi connectivity index (χ3v) is 5.31. The predicted octanol–water partition coefficient (Wildman–Crippen LogP) is 1.81. The number of nitrogens with one attached hydrogen (secondary N) is 1. The summed E-state index contributed by atoms with van der Waals surface area (Å²) < 4.78 is 23.9. The summed E-state index contributed by atoms with van der Waals surface area (Å²) >= 11 is 0. The number of sulfone groups is 1. The summed E-state index contributed by atoms with van der Waals surface area (Å²) in [6.07, 6.45) is 6.13. The SMILES string of the molecule is CS(=O)(=O)c1ccccc1N1CCCC1CNC1CC1. The summed E-state index contributed by atoms with van der Waals surface area (Å²) in [4.78, 5) is 2.73. The van der Waals surface area contributed by atoms with Crippen molar-refractivity contribution in [1.82, 2.24) is 5.32 Å². The van der Waals surface area contributed by atoms with Crippen molar-refractivity contribution >= 4 is 15.5 Å². The molecule has 0 amide bonds. The number of hydrogen-bond acceptors (Lipinski definition) is 4. The number of hydrogen-bond donors (Lipinski definition) is 1. The minimum atomic E-state index is -3.18. The molecule has 0 spiro atoms. The van der Waals surface area contributed by atoms with E-state index in [1.807, 2.05) is 12.1 Å². The van der Waals surface area contributed by atoms with Crippen LogP contribution in [-0.2, 0) is 9.84 Å². The van der Waals surface area contributed by atoms with Crippen molar-refractivity contribution < 1.29 is 8.42 Å². The molecule has 1 aromatic rings. The topological polar surface area (TPSA) is 49.4 Å². The molecule has 3 rings (SSSR count).